The van der Waals surface area contributed by atoms with Crippen LogP contribution in [0, 0.1) is 19.7 Å². The second kappa shape index (κ2) is 5.32. The van der Waals surface area contributed by atoms with E-state index in [1.807, 2.05) is 13.8 Å². The molecule has 14 heavy (non-hydrogen) atoms. The molecule has 1 heterocycles. The van der Waals surface area contributed by atoms with Gasteiger partial charge in [-0.3, -0.25) is 0 Å². The summed E-state index contributed by atoms with van der Waals surface area (Å²) in [6.07, 6.45) is 0. The summed E-state index contributed by atoms with van der Waals surface area (Å²) in [6.45, 7) is 6.95. The van der Waals surface area contributed by atoms with Crippen molar-refractivity contribution in [3.63, 3.8) is 0 Å². The van der Waals surface area contributed by atoms with Gasteiger partial charge in [0.15, 0.2) is 0 Å². The van der Waals surface area contributed by atoms with E-state index in [0.717, 1.165) is 0 Å². The summed E-state index contributed by atoms with van der Waals surface area (Å²) in [4.78, 5) is 14.0. The predicted molar refractivity (Wildman–Crippen MR) is 52.0 cm³/mol. The number of carboxylic acid groups (broad SMARTS) is 1. The minimum atomic E-state index is -1.14. The Morgan fingerprint density at radius 2 is 1.93 bits per heavy atom. The van der Waals surface area contributed by atoms with E-state index in [1.54, 1.807) is 0 Å². The van der Waals surface area contributed by atoms with Gasteiger partial charge in [0, 0.05) is 0 Å². The molecule has 0 amide bonds. The molecule has 78 valence electrons. The number of carboxylic acids is 1. The molecule has 0 saturated carbocycles. The zero-order valence-electron chi connectivity index (χ0n) is 8.76. The topological polar surface area (TPSA) is 50.2 Å². The van der Waals surface area contributed by atoms with Crippen LogP contribution in [-0.4, -0.2) is 16.1 Å². The molecule has 1 rings (SSSR count). The number of halogens is 1. The van der Waals surface area contributed by atoms with Crippen molar-refractivity contribution in [3.8, 4) is 0 Å². The van der Waals surface area contributed by atoms with E-state index < -0.39 is 11.8 Å². The standard InChI is InChI=1S/C8H8FNO2.C2H6/c1-4-3-6(8(11)12)10-5(2)7(4)9;1-2/h3H,1-2H3,(H,11,12);1-2H3. The van der Waals surface area contributed by atoms with Crippen molar-refractivity contribution in [2.45, 2.75) is 27.7 Å². The van der Waals surface area contributed by atoms with Crippen molar-refractivity contribution in [2.24, 2.45) is 0 Å². The molecule has 1 aromatic rings. The number of aromatic nitrogens is 1. The molecule has 0 aliphatic carbocycles. The molecule has 1 aromatic heterocycles. The average molecular weight is 199 g/mol. The summed E-state index contributed by atoms with van der Waals surface area (Å²) in [5.41, 5.74) is 0.304. The first kappa shape index (κ1) is 12.6. The minimum absolute atomic E-state index is 0.118. The van der Waals surface area contributed by atoms with E-state index in [0.29, 0.717) is 5.56 Å². The Morgan fingerprint density at radius 1 is 1.43 bits per heavy atom. The van der Waals surface area contributed by atoms with Gasteiger partial charge in [-0.05, 0) is 25.5 Å². The van der Waals surface area contributed by atoms with Crippen molar-refractivity contribution in [1.29, 1.82) is 0 Å². The number of aromatic carboxylic acids is 1. The third-order valence-electron chi connectivity index (χ3n) is 1.52. The molecule has 1 N–H and O–H groups in total. The first-order valence-electron chi connectivity index (χ1n) is 4.39. The van der Waals surface area contributed by atoms with Crippen LogP contribution in [0.5, 0.6) is 0 Å². The van der Waals surface area contributed by atoms with Crippen molar-refractivity contribution < 1.29 is 14.3 Å². The van der Waals surface area contributed by atoms with Crippen LogP contribution in [0.1, 0.15) is 35.6 Å². The van der Waals surface area contributed by atoms with Crippen LogP contribution in [0.4, 0.5) is 4.39 Å². The molecule has 0 aliphatic rings. The third-order valence-corrected chi connectivity index (χ3v) is 1.52. The number of rotatable bonds is 1. The van der Waals surface area contributed by atoms with Crippen molar-refractivity contribution in [2.75, 3.05) is 0 Å². The van der Waals surface area contributed by atoms with E-state index in [-0.39, 0.29) is 11.4 Å². The predicted octanol–water partition coefficient (Wildman–Crippen LogP) is 2.56. The van der Waals surface area contributed by atoms with Gasteiger partial charge in [0.1, 0.15) is 11.5 Å². The Kier molecular flexibility index (Phi) is 4.77. The van der Waals surface area contributed by atoms with Gasteiger partial charge < -0.3 is 5.11 Å². The number of hydrogen-bond acceptors (Lipinski definition) is 2. The van der Waals surface area contributed by atoms with Crippen molar-refractivity contribution in [3.05, 3.63) is 28.8 Å². The molecule has 0 saturated heterocycles. The first-order chi connectivity index (χ1) is 6.52. The second-order valence-electron chi connectivity index (χ2n) is 2.53. The molecule has 0 atom stereocenters. The molecular weight excluding hydrogens is 185 g/mol. The second-order valence-corrected chi connectivity index (χ2v) is 2.53. The van der Waals surface area contributed by atoms with Crippen LogP contribution in [0.15, 0.2) is 6.07 Å². The maximum absolute atomic E-state index is 12.9. The zero-order valence-corrected chi connectivity index (χ0v) is 8.76. The minimum Gasteiger partial charge on any atom is -0.477 e. The summed E-state index contributed by atoms with van der Waals surface area (Å²) in [6, 6.07) is 1.21. The fourth-order valence-electron chi connectivity index (χ4n) is 0.925. The SMILES string of the molecule is CC.Cc1cc(C(=O)O)nc(C)c1F. The van der Waals surface area contributed by atoms with E-state index in [4.69, 9.17) is 5.11 Å². The molecule has 3 nitrogen and oxygen atoms in total. The fourth-order valence-corrected chi connectivity index (χ4v) is 0.925. The average Bonchev–Trinajstić information content (AvgIpc) is 2.16. The van der Waals surface area contributed by atoms with E-state index >= 15 is 0 Å². The summed E-state index contributed by atoms with van der Waals surface area (Å²) < 4.78 is 12.9. The molecule has 0 bridgehead atoms. The number of carbonyl (C=O) groups is 1. The summed E-state index contributed by atoms with van der Waals surface area (Å²) in [5, 5.41) is 8.54. The highest BCUT2D eigenvalue weighted by Gasteiger charge is 2.10. The molecule has 0 radical (unpaired) electrons. The van der Waals surface area contributed by atoms with Crippen molar-refractivity contribution in [1.82, 2.24) is 4.98 Å². The van der Waals surface area contributed by atoms with Crippen molar-refractivity contribution >= 4 is 5.97 Å². The van der Waals surface area contributed by atoms with Crippen LogP contribution in [-0.2, 0) is 0 Å². The quantitative estimate of drug-likeness (QED) is 0.756. The largest absolute Gasteiger partial charge is 0.477 e. The normalized spacial score (nSPS) is 8.93. The van der Waals surface area contributed by atoms with Gasteiger partial charge in [-0.15, -0.1) is 0 Å². The van der Waals surface area contributed by atoms with E-state index in [1.165, 1.54) is 19.9 Å². The zero-order chi connectivity index (χ0) is 11.3. The summed E-state index contributed by atoms with van der Waals surface area (Å²) >= 11 is 0. The highest BCUT2D eigenvalue weighted by Crippen LogP contribution is 2.10. The molecule has 0 aromatic carbocycles. The van der Waals surface area contributed by atoms with Gasteiger partial charge in [-0.25, -0.2) is 14.2 Å². The van der Waals surface area contributed by atoms with Crippen LogP contribution in [0.2, 0.25) is 0 Å². The summed E-state index contributed by atoms with van der Waals surface area (Å²) in [5.74, 6) is -1.58. The number of nitrogens with zero attached hydrogens (tertiary/aromatic N) is 1. The van der Waals surface area contributed by atoms with Gasteiger partial charge in [0.05, 0.1) is 5.69 Å². The Labute approximate surface area is 82.6 Å². The van der Waals surface area contributed by atoms with Gasteiger partial charge in [-0.2, -0.15) is 0 Å². The number of aryl methyl sites for hydroxylation is 2. The van der Waals surface area contributed by atoms with Gasteiger partial charge in [0.25, 0.3) is 0 Å². The smallest absolute Gasteiger partial charge is 0.354 e. The number of hydrogen-bond donors (Lipinski definition) is 1. The Balaban J connectivity index is 0.000000791. The lowest BCUT2D eigenvalue weighted by Gasteiger charge is -2.01. The maximum Gasteiger partial charge on any atom is 0.354 e. The van der Waals surface area contributed by atoms with Gasteiger partial charge in [0.2, 0.25) is 0 Å². The molecule has 0 unspecified atom stereocenters. The Bertz CT molecular complexity index is 314. The van der Waals surface area contributed by atoms with Crippen LogP contribution in [0.3, 0.4) is 0 Å². The van der Waals surface area contributed by atoms with Gasteiger partial charge in [-0.1, -0.05) is 13.8 Å². The molecule has 0 fully saturated rings. The molecule has 4 heteroatoms. The fraction of sp³-hybridized carbons (Fsp3) is 0.400. The van der Waals surface area contributed by atoms with Crippen LogP contribution < -0.4 is 0 Å². The summed E-state index contributed by atoms with van der Waals surface area (Å²) in [7, 11) is 0. The van der Waals surface area contributed by atoms with E-state index in [2.05, 4.69) is 4.98 Å². The first-order valence-corrected chi connectivity index (χ1v) is 4.39. The highest BCUT2D eigenvalue weighted by molar-refractivity contribution is 5.85. The Morgan fingerprint density at radius 3 is 2.29 bits per heavy atom. The lowest BCUT2D eigenvalue weighted by Crippen LogP contribution is -2.04. The van der Waals surface area contributed by atoms with Crippen LogP contribution >= 0.6 is 0 Å². The van der Waals surface area contributed by atoms with Crippen LogP contribution in [0.25, 0.3) is 0 Å². The lowest BCUT2D eigenvalue weighted by molar-refractivity contribution is 0.0690. The monoisotopic (exact) mass is 199 g/mol. The van der Waals surface area contributed by atoms with Gasteiger partial charge >= 0.3 is 5.97 Å². The Hall–Kier alpha value is -1.45. The lowest BCUT2D eigenvalue weighted by atomic mass is 10.2. The molecule has 0 aliphatic heterocycles. The molecule has 0 spiro atoms. The maximum atomic E-state index is 12.9. The van der Waals surface area contributed by atoms with E-state index in [9.17, 15) is 9.18 Å². The highest BCUT2D eigenvalue weighted by atomic mass is 19.1. The molecular formula is C10H14FNO2. The third kappa shape index (κ3) is 2.80. The number of pyridine rings is 1.